The zero-order valence-electron chi connectivity index (χ0n) is 17.9. The second-order valence-corrected chi connectivity index (χ2v) is 6.78. The number of benzene rings is 1. The van der Waals surface area contributed by atoms with Crippen LogP contribution in [0.15, 0.2) is 34.6 Å². The Morgan fingerprint density at radius 3 is 2.37 bits per heavy atom. The van der Waals surface area contributed by atoms with Crippen LogP contribution in [-0.2, 0) is 11.2 Å². The lowest BCUT2D eigenvalue weighted by Gasteiger charge is -2.23. The van der Waals surface area contributed by atoms with Crippen molar-refractivity contribution >= 4 is 5.84 Å². The van der Waals surface area contributed by atoms with Gasteiger partial charge in [-0.2, -0.15) is 0 Å². The van der Waals surface area contributed by atoms with Crippen LogP contribution in [0.4, 0.5) is 0 Å². The molecule has 0 amide bonds. The lowest BCUT2D eigenvalue weighted by atomic mass is 9.99. The summed E-state index contributed by atoms with van der Waals surface area (Å²) in [6.45, 7) is 6.47. The molecule has 1 rings (SSSR count). The van der Waals surface area contributed by atoms with E-state index >= 15 is 0 Å². The molecule has 0 radical (unpaired) electrons. The first-order valence-corrected chi connectivity index (χ1v) is 9.94. The maximum Gasteiger partial charge on any atom is 0.193 e. The van der Waals surface area contributed by atoms with Crippen LogP contribution in [0.25, 0.3) is 0 Å². The summed E-state index contributed by atoms with van der Waals surface area (Å²) >= 11 is 0. The van der Waals surface area contributed by atoms with Crippen molar-refractivity contribution in [1.82, 2.24) is 5.32 Å². The van der Waals surface area contributed by atoms with E-state index in [1.165, 1.54) is 11.1 Å². The molecule has 0 saturated carbocycles. The summed E-state index contributed by atoms with van der Waals surface area (Å²) in [7, 11) is 5.29. The van der Waals surface area contributed by atoms with Crippen LogP contribution in [0.3, 0.4) is 0 Å². The number of nitrogens with two attached hydrogens (primary N) is 1. The lowest BCUT2D eigenvalue weighted by molar-refractivity contribution is 0.0861. The molecule has 5 nitrogen and oxygen atoms in total. The Balaban J connectivity index is 3.05. The van der Waals surface area contributed by atoms with Gasteiger partial charge >= 0.3 is 0 Å². The largest absolute Gasteiger partial charge is 0.497 e. The molecule has 0 atom stereocenters. The third-order valence-electron chi connectivity index (χ3n) is 4.75. The average Bonchev–Trinajstić information content (AvgIpc) is 2.67. The summed E-state index contributed by atoms with van der Waals surface area (Å²) in [5, 5.41) is 3.21. The quantitative estimate of drug-likeness (QED) is 0.324. The molecule has 0 aromatic heterocycles. The minimum atomic E-state index is 0.199. The van der Waals surface area contributed by atoms with E-state index in [1.807, 2.05) is 13.1 Å². The highest BCUT2D eigenvalue weighted by atomic mass is 16.5. The number of nitrogens with zero attached hydrogens (tertiary/aromatic N) is 1. The Bertz CT molecular complexity index is 632. The molecule has 0 aliphatic carbocycles. The topological polar surface area (TPSA) is 68.9 Å². The number of amidine groups is 1. The molecular weight excluding hydrogens is 338 g/mol. The smallest absolute Gasteiger partial charge is 0.193 e. The maximum absolute atomic E-state index is 6.31. The Morgan fingerprint density at radius 2 is 1.89 bits per heavy atom. The molecule has 0 unspecified atom stereocenters. The van der Waals surface area contributed by atoms with Gasteiger partial charge in [-0.3, -0.25) is 4.99 Å². The number of ether oxygens (including phenoxy) is 2. The van der Waals surface area contributed by atoms with Crippen LogP contribution in [0.5, 0.6) is 5.75 Å². The molecule has 1 aromatic carbocycles. The van der Waals surface area contributed by atoms with Crippen molar-refractivity contribution in [1.29, 1.82) is 0 Å². The number of nitrogens with one attached hydrogen (secondary N) is 1. The first-order chi connectivity index (χ1) is 13.0. The van der Waals surface area contributed by atoms with Gasteiger partial charge in [0.15, 0.2) is 5.88 Å². The second kappa shape index (κ2) is 12.3. The Morgan fingerprint density at radius 1 is 1.22 bits per heavy atom. The minimum Gasteiger partial charge on any atom is -0.497 e. The van der Waals surface area contributed by atoms with E-state index < -0.39 is 0 Å². The normalized spacial score (nSPS) is 12.8. The van der Waals surface area contributed by atoms with Gasteiger partial charge in [0, 0.05) is 14.1 Å². The zero-order valence-corrected chi connectivity index (χ0v) is 17.9. The number of methoxy groups -OCH3 is 1. The van der Waals surface area contributed by atoms with Crippen molar-refractivity contribution < 1.29 is 9.47 Å². The minimum absolute atomic E-state index is 0.199. The molecular formula is C22H37N3O2. The Kier molecular flexibility index (Phi) is 10.4. The molecule has 0 spiro atoms. The van der Waals surface area contributed by atoms with Gasteiger partial charge < -0.3 is 20.5 Å². The highest BCUT2D eigenvalue weighted by Gasteiger charge is 2.17. The average molecular weight is 376 g/mol. The van der Waals surface area contributed by atoms with Gasteiger partial charge in [0.1, 0.15) is 17.7 Å². The van der Waals surface area contributed by atoms with Crippen molar-refractivity contribution in [3.8, 4) is 5.75 Å². The first kappa shape index (κ1) is 22.9. The van der Waals surface area contributed by atoms with Crippen LogP contribution >= 0.6 is 0 Å². The lowest BCUT2D eigenvalue weighted by Crippen LogP contribution is -2.26. The number of hydrogen-bond acceptors (Lipinski definition) is 4. The van der Waals surface area contributed by atoms with Crippen LogP contribution < -0.4 is 15.8 Å². The fourth-order valence-electron chi connectivity index (χ4n) is 3.18. The van der Waals surface area contributed by atoms with E-state index in [4.69, 9.17) is 15.2 Å². The molecule has 3 N–H and O–H groups in total. The predicted octanol–water partition coefficient (Wildman–Crippen LogP) is 4.34. The molecule has 0 heterocycles. The standard InChI is InChI=1S/C22H37N3O2/c1-7-9-18(10-8-2)27-22(25-5)20(21(23)24-4)14-12-17-11-13-19(26-6)15-16(17)3/h11,13,15,18,25H,7-10,12,14H2,1-6H3,(H2,23,24)/b22-20+. The molecule has 0 aliphatic heterocycles. The molecule has 27 heavy (non-hydrogen) atoms. The second-order valence-electron chi connectivity index (χ2n) is 6.78. The molecule has 0 bridgehead atoms. The van der Waals surface area contributed by atoms with E-state index in [-0.39, 0.29) is 6.10 Å². The Hall–Kier alpha value is -2.17. The van der Waals surface area contributed by atoms with Crippen molar-refractivity contribution in [2.45, 2.75) is 65.4 Å². The fraction of sp³-hybridized carbons (Fsp3) is 0.591. The van der Waals surface area contributed by atoms with E-state index in [2.05, 4.69) is 43.2 Å². The van der Waals surface area contributed by atoms with Crippen molar-refractivity contribution in [2.75, 3.05) is 21.2 Å². The third kappa shape index (κ3) is 7.16. The maximum atomic E-state index is 6.31. The van der Waals surface area contributed by atoms with E-state index in [9.17, 15) is 0 Å². The van der Waals surface area contributed by atoms with E-state index in [0.717, 1.165) is 55.7 Å². The van der Waals surface area contributed by atoms with Gasteiger partial charge in [0.2, 0.25) is 0 Å². The summed E-state index contributed by atoms with van der Waals surface area (Å²) in [5.74, 6) is 2.15. The van der Waals surface area contributed by atoms with Crippen molar-refractivity contribution in [3.05, 3.63) is 40.8 Å². The summed E-state index contributed by atoms with van der Waals surface area (Å²) in [6, 6.07) is 6.17. The van der Waals surface area contributed by atoms with Gasteiger partial charge in [0.05, 0.1) is 12.7 Å². The van der Waals surface area contributed by atoms with E-state index in [0.29, 0.717) is 5.84 Å². The van der Waals surface area contributed by atoms with Crippen molar-refractivity contribution in [3.63, 3.8) is 0 Å². The molecule has 1 aromatic rings. The molecule has 5 heteroatoms. The van der Waals surface area contributed by atoms with Gasteiger partial charge in [-0.05, 0) is 55.9 Å². The molecule has 152 valence electrons. The Labute approximate surface area is 165 Å². The fourth-order valence-corrected chi connectivity index (χ4v) is 3.18. The SMILES string of the molecule is CCCC(CCC)O/C(NC)=C(\CCc1ccc(OC)cc1C)C(N)=NC. The molecule has 0 saturated heterocycles. The summed E-state index contributed by atoms with van der Waals surface area (Å²) in [4.78, 5) is 4.22. The van der Waals surface area contributed by atoms with Crippen LogP contribution in [0.1, 0.15) is 57.1 Å². The predicted molar refractivity (Wildman–Crippen MR) is 114 cm³/mol. The zero-order chi connectivity index (χ0) is 20.2. The van der Waals surface area contributed by atoms with E-state index in [1.54, 1.807) is 14.2 Å². The molecule has 0 aliphatic rings. The van der Waals surface area contributed by atoms with Gasteiger partial charge in [0.25, 0.3) is 0 Å². The van der Waals surface area contributed by atoms with Gasteiger partial charge in [-0.25, -0.2) is 0 Å². The van der Waals surface area contributed by atoms with Gasteiger partial charge in [-0.1, -0.05) is 32.8 Å². The highest BCUT2D eigenvalue weighted by Crippen LogP contribution is 2.22. The summed E-state index contributed by atoms with van der Waals surface area (Å²) in [6.07, 6.45) is 6.09. The van der Waals surface area contributed by atoms with Crippen LogP contribution in [0, 0.1) is 6.92 Å². The number of aryl methyl sites for hydroxylation is 2. The monoisotopic (exact) mass is 375 g/mol. The van der Waals surface area contributed by atoms with Crippen molar-refractivity contribution in [2.24, 2.45) is 10.7 Å². The third-order valence-corrected chi connectivity index (χ3v) is 4.75. The first-order valence-electron chi connectivity index (χ1n) is 9.94. The number of aliphatic imine (C=N–C) groups is 1. The highest BCUT2D eigenvalue weighted by molar-refractivity contribution is 5.97. The summed E-state index contributed by atoms with van der Waals surface area (Å²) < 4.78 is 11.6. The summed E-state index contributed by atoms with van der Waals surface area (Å²) in [5.41, 5.74) is 9.64. The van der Waals surface area contributed by atoms with Crippen LogP contribution in [0.2, 0.25) is 0 Å². The van der Waals surface area contributed by atoms with Gasteiger partial charge in [-0.15, -0.1) is 0 Å². The number of rotatable bonds is 12. The molecule has 0 fully saturated rings. The van der Waals surface area contributed by atoms with Crippen LogP contribution in [-0.4, -0.2) is 33.1 Å². The number of hydrogen-bond donors (Lipinski definition) is 2.